The lowest BCUT2D eigenvalue weighted by molar-refractivity contribution is 0.590. The maximum Gasteiger partial charge on any atom is 0.212 e. The molecule has 0 bridgehead atoms. The highest BCUT2D eigenvalue weighted by atomic mass is 15.0. The normalized spacial score (nSPS) is 13.9. The maximum absolute atomic E-state index is 10.3. The van der Waals surface area contributed by atoms with E-state index in [1.807, 2.05) is 18.2 Å². The Morgan fingerprint density at radius 3 is 2.28 bits per heavy atom. The van der Waals surface area contributed by atoms with Gasteiger partial charge in [-0.25, -0.2) is 4.85 Å². The third kappa shape index (κ3) is 2.90. The first-order valence-electron chi connectivity index (χ1n) is 12.3. The van der Waals surface area contributed by atoms with Crippen LogP contribution in [0.25, 0.3) is 43.5 Å². The number of para-hydroxylation sites is 1. The zero-order valence-corrected chi connectivity index (χ0v) is 21.3. The molecule has 1 aliphatic rings. The maximum atomic E-state index is 10.3. The number of nitrogens with zero attached hydrogens (tertiary/aromatic N) is 3. The van der Waals surface area contributed by atoms with Crippen molar-refractivity contribution in [2.75, 3.05) is 0 Å². The Bertz CT molecular complexity index is 1780. The molecule has 0 radical (unpaired) electrons. The number of benzene rings is 4. The van der Waals surface area contributed by atoms with E-state index >= 15 is 0 Å². The molecule has 6 rings (SSSR count). The zero-order chi connectivity index (χ0) is 25.4. The molecule has 0 fully saturated rings. The van der Waals surface area contributed by atoms with Gasteiger partial charge in [-0.05, 0) is 51.9 Å². The Kier molecular flexibility index (Phi) is 4.51. The van der Waals surface area contributed by atoms with E-state index in [1.165, 1.54) is 22.3 Å². The molecule has 3 heteroatoms. The summed E-state index contributed by atoms with van der Waals surface area (Å²) in [6.45, 7) is 18.9. The van der Waals surface area contributed by atoms with Crippen LogP contribution >= 0.6 is 0 Å². The lowest BCUT2D eigenvalue weighted by Crippen LogP contribution is -2.15. The monoisotopic (exact) mass is 465 g/mol. The van der Waals surface area contributed by atoms with E-state index in [1.54, 1.807) is 0 Å². The van der Waals surface area contributed by atoms with Crippen molar-refractivity contribution in [2.24, 2.45) is 0 Å². The summed E-state index contributed by atoms with van der Waals surface area (Å²) in [5, 5.41) is 12.5. The number of nitriles is 1. The fraction of sp³-hybridized carbons (Fsp3) is 0.212. The highest BCUT2D eigenvalue weighted by Gasteiger charge is 2.36. The van der Waals surface area contributed by atoms with E-state index in [-0.39, 0.29) is 10.8 Å². The van der Waals surface area contributed by atoms with Crippen LogP contribution in [0, 0.1) is 17.9 Å². The lowest BCUT2D eigenvalue weighted by atomic mass is 9.82. The first-order valence-corrected chi connectivity index (χ1v) is 12.3. The second-order valence-electron chi connectivity index (χ2n) is 11.3. The molecule has 0 spiro atoms. The zero-order valence-electron chi connectivity index (χ0n) is 21.3. The molecule has 0 aliphatic heterocycles. The molecule has 0 N–H and O–H groups in total. The SMILES string of the molecule is [C-]#[N+]c1cc(C(C)(C)C)cc(C#N)c1-n1c2ccccc2c2cc3c(cc21)C(C)(C)c1ccccc1-3. The molecule has 0 saturated heterocycles. The van der Waals surface area contributed by atoms with Gasteiger partial charge >= 0.3 is 0 Å². The molecule has 4 aromatic carbocycles. The molecule has 174 valence electrons. The molecule has 0 saturated carbocycles. The average molecular weight is 466 g/mol. The Balaban J connectivity index is 1.78. The van der Waals surface area contributed by atoms with Crippen LogP contribution in [0.3, 0.4) is 0 Å². The van der Waals surface area contributed by atoms with Crippen molar-refractivity contribution < 1.29 is 0 Å². The number of hydrogen-bond donors (Lipinski definition) is 0. The molecule has 1 aliphatic carbocycles. The highest BCUT2D eigenvalue weighted by Crippen LogP contribution is 2.51. The van der Waals surface area contributed by atoms with Crippen LogP contribution < -0.4 is 0 Å². The number of aromatic nitrogens is 1. The van der Waals surface area contributed by atoms with E-state index in [4.69, 9.17) is 6.57 Å². The highest BCUT2D eigenvalue weighted by molar-refractivity contribution is 6.12. The fourth-order valence-electron chi connectivity index (χ4n) is 5.86. The number of fused-ring (bicyclic) bond motifs is 6. The van der Waals surface area contributed by atoms with Crippen LogP contribution in [-0.4, -0.2) is 4.57 Å². The van der Waals surface area contributed by atoms with Gasteiger partial charge in [0.1, 0.15) is 0 Å². The molecule has 1 heterocycles. The van der Waals surface area contributed by atoms with Gasteiger partial charge in [0.25, 0.3) is 0 Å². The van der Waals surface area contributed by atoms with E-state index < -0.39 is 0 Å². The third-order valence-corrected chi connectivity index (χ3v) is 7.80. The first-order chi connectivity index (χ1) is 17.2. The average Bonchev–Trinajstić information content (AvgIpc) is 3.30. The minimum atomic E-state index is -0.166. The van der Waals surface area contributed by atoms with Gasteiger partial charge in [0.2, 0.25) is 5.69 Å². The summed E-state index contributed by atoms with van der Waals surface area (Å²) in [5.74, 6) is 0. The van der Waals surface area contributed by atoms with Crippen LogP contribution in [-0.2, 0) is 10.8 Å². The molecule has 36 heavy (non-hydrogen) atoms. The summed E-state index contributed by atoms with van der Waals surface area (Å²) >= 11 is 0. The van der Waals surface area contributed by atoms with Crippen molar-refractivity contribution in [2.45, 2.75) is 45.4 Å². The van der Waals surface area contributed by atoms with Crippen LogP contribution in [0.1, 0.15) is 56.9 Å². The predicted molar refractivity (Wildman–Crippen MR) is 148 cm³/mol. The quantitative estimate of drug-likeness (QED) is 0.228. The summed E-state index contributed by atoms with van der Waals surface area (Å²) in [4.78, 5) is 3.93. The molecule has 0 amide bonds. The van der Waals surface area contributed by atoms with E-state index in [0.717, 1.165) is 27.4 Å². The number of hydrogen-bond acceptors (Lipinski definition) is 1. The van der Waals surface area contributed by atoms with Gasteiger partial charge in [0.05, 0.1) is 34.9 Å². The predicted octanol–water partition coefficient (Wildman–Crippen LogP) is 8.81. The third-order valence-electron chi connectivity index (χ3n) is 7.80. The number of rotatable bonds is 1. The smallest absolute Gasteiger partial charge is 0.212 e. The van der Waals surface area contributed by atoms with E-state index in [9.17, 15) is 5.26 Å². The standard InChI is InChI=1S/C33H27N3/c1-32(2,3)21-15-20(19-34)31(28(16-21)35-6)36-29-14-10-8-12-23(29)25-17-24-22-11-7-9-13-26(22)33(4,5)27(24)18-30(25)36/h7-18H,1-5H3. The van der Waals surface area contributed by atoms with Gasteiger partial charge in [-0.2, -0.15) is 5.26 Å². The van der Waals surface area contributed by atoms with Crippen LogP contribution in [0.4, 0.5) is 5.69 Å². The van der Waals surface area contributed by atoms with Crippen LogP contribution in [0.2, 0.25) is 0 Å². The topological polar surface area (TPSA) is 33.1 Å². The fourth-order valence-corrected chi connectivity index (χ4v) is 5.86. The second-order valence-corrected chi connectivity index (χ2v) is 11.3. The van der Waals surface area contributed by atoms with Crippen LogP contribution in [0.5, 0.6) is 0 Å². The molecular weight excluding hydrogens is 438 g/mol. The van der Waals surface area contributed by atoms with E-state index in [0.29, 0.717) is 16.9 Å². The minimum Gasteiger partial charge on any atom is -0.318 e. The van der Waals surface area contributed by atoms with Gasteiger partial charge in [0.15, 0.2) is 0 Å². The molecule has 1 aromatic heterocycles. The van der Waals surface area contributed by atoms with Gasteiger partial charge in [0, 0.05) is 16.2 Å². The van der Waals surface area contributed by atoms with Crippen molar-refractivity contribution in [3.63, 3.8) is 0 Å². The van der Waals surface area contributed by atoms with Crippen molar-refractivity contribution in [1.29, 1.82) is 5.26 Å². The summed E-state index contributed by atoms with van der Waals surface area (Å²) < 4.78 is 2.14. The lowest BCUT2D eigenvalue weighted by Gasteiger charge is -2.23. The van der Waals surface area contributed by atoms with Crippen molar-refractivity contribution >= 4 is 27.5 Å². The summed E-state index contributed by atoms with van der Waals surface area (Å²) in [7, 11) is 0. The molecule has 0 atom stereocenters. The van der Waals surface area contributed by atoms with E-state index in [2.05, 4.69) is 105 Å². The van der Waals surface area contributed by atoms with Gasteiger partial charge in [-0.15, -0.1) is 0 Å². The second kappa shape index (κ2) is 7.33. The molecular formula is C33H27N3. The van der Waals surface area contributed by atoms with Crippen molar-refractivity contribution in [3.05, 3.63) is 106 Å². The Hall–Kier alpha value is -4.34. The molecule has 0 unspecified atom stereocenters. The Morgan fingerprint density at radius 1 is 0.833 bits per heavy atom. The van der Waals surface area contributed by atoms with Gasteiger partial charge in [-0.1, -0.05) is 88.7 Å². The summed E-state index contributed by atoms with van der Waals surface area (Å²) in [5.41, 5.74) is 9.57. The molecule has 5 aromatic rings. The summed E-state index contributed by atoms with van der Waals surface area (Å²) in [6.07, 6.45) is 0. The van der Waals surface area contributed by atoms with Gasteiger partial charge < -0.3 is 4.57 Å². The van der Waals surface area contributed by atoms with Crippen molar-refractivity contribution in [3.8, 4) is 22.9 Å². The first kappa shape index (κ1) is 22.1. The molecule has 3 nitrogen and oxygen atoms in total. The van der Waals surface area contributed by atoms with Crippen molar-refractivity contribution in [1.82, 2.24) is 4.57 Å². The Labute approximate surface area is 212 Å². The Morgan fingerprint density at radius 2 is 1.56 bits per heavy atom. The largest absolute Gasteiger partial charge is 0.318 e. The van der Waals surface area contributed by atoms with Gasteiger partial charge in [-0.3, -0.25) is 0 Å². The van der Waals surface area contributed by atoms with Crippen LogP contribution in [0.15, 0.2) is 72.8 Å². The summed E-state index contributed by atoms with van der Waals surface area (Å²) in [6, 6.07) is 27.9. The minimum absolute atomic E-state index is 0.141.